The van der Waals surface area contributed by atoms with Crippen LogP contribution >= 0.6 is 46.4 Å². The van der Waals surface area contributed by atoms with Gasteiger partial charge in [-0.15, -0.1) is 0 Å². The van der Waals surface area contributed by atoms with Crippen LogP contribution in [-0.2, 0) is 6.18 Å². The molecule has 0 N–H and O–H groups in total. The summed E-state index contributed by atoms with van der Waals surface area (Å²) in [5.74, 6) is 0. The monoisotopic (exact) mass is 359 g/mol. The summed E-state index contributed by atoms with van der Waals surface area (Å²) in [6, 6.07) is 5.13. The highest BCUT2D eigenvalue weighted by Gasteiger charge is 2.35. The van der Waals surface area contributed by atoms with Crippen LogP contribution in [0.1, 0.15) is 5.69 Å². The molecule has 0 spiro atoms. The Morgan fingerprint density at radius 3 is 1.90 bits per heavy atom. The quantitative estimate of drug-likeness (QED) is 0.574. The molecule has 0 radical (unpaired) electrons. The van der Waals surface area contributed by atoms with Crippen LogP contribution in [-0.4, -0.2) is 4.98 Å². The van der Waals surface area contributed by atoms with Crippen molar-refractivity contribution in [1.29, 1.82) is 0 Å². The van der Waals surface area contributed by atoms with E-state index in [0.29, 0.717) is 0 Å². The van der Waals surface area contributed by atoms with Crippen molar-refractivity contribution in [1.82, 2.24) is 4.98 Å². The Hall–Kier alpha value is -0.680. The maximum absolute atomic E-state index is 12.8. The highest BCUT2D eigenvalue weighted by molar-refractivity contribution is 6.41. The lowest BCUT2D eigenvalue weighted by Crippen LogP contribution is -2.09. The van der Waals surface area contributed by atoms with Gasteiger partial charge in [0.05, 0.1) is 20.8 Å². The minimum atomic E-state index is -4.67. The molecule has 20 heavy (non-hydrogen) atoms. The number of aromatic nitrogens is 1. The van der Waals surface area contributed by atoms with E-state index in [1.54, 1.807) is 0 Å². The maximum Gasteiger partial charge on any atom is 0.434 e. The fourth-order valence-electron chi connectivity index (χ4n) is 1.57. The zero-order valence-electron chi connectivity index (χ0n) is 9.40. The molecule has 0 aliphatic carbocycles. The molecule has 0 saturated carbocycles. The highest BCUT2D eigenvalue weighted by atomic mass is 35.5. The molecule has 1 nitrogen and oxygen atoms in total. The molecular weight excluding hydrogens is 357 g/mol. The minimum Gasteiger partial charge on any atom is -0.242 e. The van der Waals surface area contributed by atoms with Gasteiger partial charge in [0.2, 0.25) is 0 Å². The summed E-state index contributed by atoms with van der Waals surface area (Å²) in [5, 5.41) is -0.0212. The molecule has 2 rings (SSSR count). The normalized spacial score (nSPS) is 11.8. The van der Waals surface area contributed by atoms with Gasteiger partial charge in [-0.25, -0.2) is 4.98 Å². The second-order valence-corrected chi connectivity index (χ2v) is 5.43. The first-order valence-corrected chi connectivity index (χ1v) is 6.60. The van der Waals surface area contributed by atoms with Crippen LogP contribution < -0.4 is 0 Å². The molecule has 0 saturated heterocycles. The van der Waals surface area contributed by atoms with Crippen LogP contribution in [0.25, 0.3) is 11.3 Å². The molecule has 0 fully saturated rings. The number of hydrogen-bond acceptors (Lipinski definition) is 1. The molecule has 0 unspecified atom stereocenters. The number of halogens is 7. The van der Waals surface area contributed by atoms with Crippen LogP contribution in [0.5, 0.6) is 0 Å². The number of rotatable bonds is 1. The Kier molecular flexibility index (Phi) is 4.40. The molecule has 2 aromatic rings. The first-order chi connectivity index (χ1) is 9.20. The molecule has 0 aliphatic rings. The Morgan fingerprint density at radius 1 is 0.850 bits per heavy atom. The van der Waals surface area contributed by atoms with Gasteiger partial charge in [0.15, 0.2) is 5.69 Å². The average molecular weight is 361 g/mol. The van der Waals surface area contributed by atoms with E-state index in [1.165, 1.54) is 18.2 Å². The second kappa shape index (κ2) is 5.60. The van der Waals surface area contributed by atoms with E-state index < -0.39 is 16.9 Å². The SMILES string of the molecule is FC(F)(F)c1nc(-c2c(Cl)cc(Cl)cc2Cl)ccc1Cl. The third kappa shape index (κ3) is 3.14. The molecule has 1 aromatic heterocycles. The first kappa shape index (κ1) is 15.7. The van der Waals surface area contributed by atoms with Gasteiger partial charge in [0.1, 0.15) is 0 Å². The molecule has 0 amide bonds. The molecule has 0 aliphatic heterocycles. The summed E-state index contributed by atoms with van der Waals surface area (Å²) in [4.78, 5) is 3.50. The second-order valence-electron chi connectivity index (χ2n) is 3.77. The topological polar surface area (TPSA) is 12.9 Å². The number of benzene rings is 1. The van der Waals surface area contributed by atoms with E-state index in [1.807, 2.05) is 0 Å². The van der Waals surface area contributed by atoms with Gasteiger partial charge < -0.3 is 0 Å². The van der Waals surface area contributed by atoms with E-state index in [4.69, 9.17) is 46.4 Å². The average Bonchev–Trinajstić information content (AvgIpc) is 2.28. The first-order valence-electron chi connectivity index (χ1n) is 5.09. The van der Waals surface area contributed by atoms with Gasteiger partial charge in [0, 0.05) is 10.6 Å². The Morgan fingerprint density at radius 2 is 1.40 bits per heavy atom. The van der Waals surface area contributed by atoms with Crippen molar-refractivity contribution < 1.29 is 13.2 Å². The molecular formula is C12H4Cl4F3N. The Bertz CT molecular complexity index is 647. The summed E-state index contributed by atoms with van der Waals surface area (Å²) in [6.45, 7) is 0. The number of pyridine rings is 1. The van der Waals surface area contributed by atoms with Gasteiger partial charge in [-0.05, 0) is 24.3 Å². The van der Waals surface area contributed by atoms with Crippen molar-refractivity contribution in [2.24, 2.45) is 0 Å². The lowest BCUT2D eigenvalue weighted by molar-refractivity contribution is -0.141. The van der Waals surface area contributed by atoms with E-state index in [0.717, 1.165) is 6.07 Å². The predicted molar refractivity (Wildman–Crippen MR) is 74.7 cm³/mol. The highest BCUT2D eigenvalue weighted by Crippen LogP contribution is 2.39. The maximum atomic E-state index is 12.8. The smallest absolute Gasteiger partial charge is 0.242 e. The van der Waals surface area contributed by atoms with Crippen LogP contribution in [0.15, 0.2) is 24.3 Å². The predicted octanol–water partition coefficient (Wildman–Crippen LogP) is 6.38. The van der Waals surface area contributed by atoms with Crippen molar-refractivity contribution in [3.8, 4) is 11.3 Å². The van der Waals surface area contributed by atoms with E-state index in [9.17, 15) is 13.2 Å². The number of alkyl halides is 3. The third-order valence-corrected chi connectivity index (χ3v) is 3.50. The summed E-state index contributed by atoms with van der Waals surface area (Å²) in [6.07, 6.45) is -4.67. The van der Waals surface area contributed by atoms with Crippen molar-refractivity contribution in [3.05, 3.63) is 50.0 Å². The summed E-state index contributed by atoms with van der Waals surface area (Å²) < 4.78 is 38.3. The van der Waals surface area contributed by atoms with Crippen LogP contribution in [0.3, 0.4) is 0 Å². The largest absolute Gasteiger partial charge is 0.434 e. The Balaban J connectivity index is 2.66. The molecule has 1 aromatic carbocycles. The zero-order valence-corrected chi connectivity index (χ0v) is 12.4. The van der Waals surface area contributed by atoms with Crippen LogP contribution in [0.4, 0.5) is 13.2 Å². The molecule has 1 heterocycles. The zero-order chi connectivity index (χ0) is 15.1. The van der Waals surface area contributed by atoms with Crippen molar-refractivity contribution >= 4 is 46.4 Å². The van der Waals surface area contributed by atoms with E-state index in [-0.39, 0.29) is 26.3 Å². The fraction of sp³-hybridized carbons (Fsp3) is 0.0833. The molecule has 106 valence electrons. The van der Waals surface area contributed by atoms with Gasteiger partial charge in [0.25, 0.3) is 0 Å². The van der Waals surface area contributed by atoms with Crippen LogP contribution in [0.2, 0.25) is 20.1 Å². The van der Waals surface area contributed by atoms with Gasteiger partial charge in [-0.2, -0.15) is 13.2 Å². The third-order valence-electron chi connectivity index (χ3n) is 2.38. The summed E-state index contributed by atoms with van der Waals surface area (Å²) >= 11 is 23.2. The molecule has 8 heteroatoms. The molecule has 0 atom stereocenters. The molecule has 0 bridgehead atoms. The lowest BCUT2D eigenvalue weighted by Gasteiger charge is -2.12. The minimum absolute atomic E-state index is 0.0339. The van der Waals surface area contributed by atoms with Gasteiger partial charge in [-0.1, -0.05) is 46.4 Å². The van der Waals surface area contributed by atoms with Crippen LogP contribution in [0, 0.1) is 0 Å². The summed E-state index contributed by atoms with van der Waals surface area (Å²) in [7, 11) is 0. The van der Waals surface area contributed by atoms with Gasteiger partial charge in [-0.3, -0.25) is 0 Å². The van der Waals surface area contributed by atoms with Gasteiger partial charge >= 0.3 is 6.18 Å². The number of nitrogens with zero attached hydrogens (tertiary/aromatic N) is 1. The van der Waals surface area contributed by atoms with Crippen molar-refractivity contribution in [3.63, 3.8) is 0 Å². The number of hydrogen-bond donors (Lipinski definition) is 0. The standard InChI is InChI=1S/C12H4Cl4F3N/c13-5-3-7(15)10(8(16)4-5)9-2-1-6(14)11(20-9)12(17,18)19/h1-4H. The van der Waals surface area contributed by atoms with Crippen molar-refractivity contribution in [2.75, 3.05) is 0 Å². The van der Waals surface area contributed by atoms with E-state index >= 15 is 0 Å². The summed E-state index contributed by atoms with van der Waals surface area (Å²) in [5.41, 5.74) is -1.06. The Labute approximate surface area is 132 Å². The fourth-order valence-corrected chi connectivity index (χ4v) is 2.79. The van der Waals surface area contributed by atoms with E-state index in [2.05, 4.69) is 4.98 Å². The van der Waals surface area contributed by atoms with Crippen molar-refractivity contribution in [2.45, 2.75) is 6.18 Å². The lowest BCUT2D eigenvalue weighted by atomic mass is 10.1.